The average molecular weight is 238 g/mol. The lowest BCUT2D eigenvalue weighted by molar-refractivity contribution is -0.143. The molecule has 94 valence electrons. The number of carboxylic acid groups (broad SMARTS) is 1. The summed E-state index contributed by atoms with van der Waals surface area (Å²) in [4.78, 5) is 23.5. The van der Waals surface area contributed by atoms with Gasteiger partial charge in [-0.3, -0.25) is 9.59 Å². The quantitative estimate of drug-likeness (QED) is 0.642. The van der Waals surface area contributed by atoms with Gasteiger partial charge in [0, 0.05) is 6.04 Å². The first-order valence-corrected chi connectivity index (χ1v) is 5.80. The summed E-state index contributed by atoms with van der Waals surface area (Å²) in [7, 11) is 0. The average Bonchev–Trinajstić information content (AvgIpc) is 2.77. The first-order valence-electron chi connectivity index (χ1n) is 5.80. The van der Waals surface area contributed by atoms with E-state index in [1.54, 1.807) is 0 Å². The van der Waals surface area contributed by atoms with E-state index in [9.17, 15) is 9.59 Å². The van der Waals surface area contributed by atoms with Crippen LogP contribution in [0.3, 0.4) is 0 Å². The van der Waals surface area contributed by atoms with Gasteiger partial charge in [0.05, 0.1) is 13.1 Å². The van der Waals surface area contributed by atoms with Crippen LogP contribution in [0.1, 0.15) is 25.7 Å². The van der Waals surface area contributed by atoms with E-state index in [2.05, 4.69) is 11.2 Å². The van der Waals surface area contributed by atoms with Gasteiger partial charge >= 0.3 is 5.97 Å². The summed E-state index contributed by atoms with van der Waals surface area (Å²) in [6.45, 7) is -0.132. The fourth-order valence-electron chi connectivity index (χ4n) is 1.98. The largest absolute Gasteiger partial charge is 0.480 e. The molecule has 0 radical (unpaired) electrons. The Kier molecular flexibility index (Phi) is 5.50. The molecule has 0 aromatic heterocycles. The van der Waals surface area contributed by atoms with E-state index in [0.717, 1.165) is 12.8 Å². The molecule has 1 aliphatic rings. The van der Waals surface area contributed by atoms with Crippen LogP contribution in [-0.2, 0) is 9.59 Å². The molecule has 2 N–H and O–H groups in total. The molecule has 0 aromatic rings. The van der Waals surface area contributed by atoms with Crippen LogP contribution in [0.2, 0.25) is 0 Å². The van der Waals surface area contributed by atoms with Crippen LogP contribution in [-0.4, -0.2) is 47.6 Å². The second-order valence-electron chi connectivity index (χ2n) is 4.21. The summed E-state index contributed by atoms with van der Waals surface area (Å²) >= 11 is 0. The Morgan fingerprint density at radius 3 is 2.59 bits per heavy atom. The topological polar surface area (TPSA) is 69.6 Å². The van der Waals surface area contributed by atoms with E-state index in [4.69, 9.17) is 11.5 Å². The predicted molar refractivity (Wildman–Crippen MR) is 63.3 cm³/mol. The lowest BCUT2D eigenvalue weighted by Gasteiger charge is -2.19. The third-order valence-electron chi connectivity index (χ3n) is 2.86. The van der Waals surface area contributed by atoms with Crippen molar-refractivity contribution in [1.82, 2.24) is 10.2 Å². The summed E-state index contributed by atoms with van der Waals surface area (Å²) in [6.07, 6.45) is 9.65. The highest BCUT2D eigenvalue weighted by Crippen LogP contribution is 2.17. The Balaban J connectivity index is 2.35. The molecule has 5 heteroatoms. The van der Waals surface area contributed by atoms with Gasteiger partial charge in [0.2, 0.25) is 5.91 Å². The van der Waals surface area contributed by atoms with Crippen LogP contribution in [0.15, 0.2) is 0 Å². The van der Waals surface area contributed by atoms with Crippen molar-refractivity contribution < 1.29 is 14.7 Å². The number of hydrogen-bond donors (Lipinski definition) is 2. The van der Waals surface area contributed by atoms with Crippen molar-refractivity contribution in [1.29, 1.82) is 0 Å². The van der Waals surface area contributed by atoms with E-state index in [-0.39, 0.29) is 25.5 Å². The molecule has 0 spiro atoms. The van der Waals surface area contributed by atoms with Crippen LogP contribution in [0.4, 0.5) is 0 Å². The van der Waals surface area contributed by atoms with Crippen molar-refractivity contribution >= 4 is 11.9 Å². The lowest BCUT2D eigenvalue weighted by atomic mass is 10.2. The third kappa shape index (κ3) is 4.87. The van der Waals surface area contributed by atoms with E-state index in [1.807, 2.05) is 0 Å². The van der Waals surface area contributed by atoms with Crippen molar-refractivity contribution in [3.8, 4) is 12.3 Å². The van der Waals surface area contributed by atoms with Crippen LogP contribution in [0.25, 0.3) is 0 Å². The van der Waals surface area contributed by atoms with Crippen LogP contribution in [0, 0.1) is 12.3 Å². The molecular weight excluding hydrogens is 220 g/mol. The second kappa shape index (κ2) is 6.92. The number of carbonyl (C=O) groups excluding carboxylic acids is 1. The molecule has 1 rings (SSSR count). The molecule has 1 aliphatic carbocycles. The lowest BCUT2D eigenvalue weighted by Crippen LogP contribution is -2.43. The molecule has 0 heterocycles. The Morgan fingerprint density at radius 1 is 1.41 bits per heavy atom. The number of terminal acetylenes is 1. The number of nitrogens with one attached hydrogen (secondary N) is 1. The first-order chi connectivity index (χ1) is 8.13. The maximum Gasteiger partial charge on any atom is 0.323 e. The summed E-state index contributed by atoms with van der Waals surface area (Å²) in [5, 5.41) is 11.8. The SMILES string of the molecule is C#CCN(CC(=O)O)C(=O)CNC1CCCC1. The predicted octanol–water partition coefficient (Wildman–Crippen LogP) is 0.0650. The molecule has 0 aromatic carbocycles. The normalized spacial score (nSPS) is 15.5. The van der Waals surface area contributed by atoms with Crippen molar-refractivity contribution in [3.63, 3.8) is 0 Å². The Labute approximate surface area is 101 Å². The maximum atomic E-state index is 11.7. The van der Waals surface area contributed by atoms with E-state index >= 15 is 0 Å². The monoisotopic (exact) mass is 238 g/mol. The molecule has 1 fully saturated rings. The van der Waals surface area contributed by atoms with Gasteiger partial charge in [-0.05, 0) is 12.8 Å². The smallest absolute Gasteiger partial charge is 0.323 e. The fourth-order valence-corrected chi connectivity index (χ4v) is 1.98. The minimum absolute atomic E-state index is 0.0392. The molecule has 0 atom stereocenters. The number of amides is 1. The molecule has 0 saturated heterocycles. The van der Waals surface area contributed by atoms with Gasteiger partial charge < -0.3 is 15.3 Å². The van der Waals surface area contributed by atoms with Gasteiger partial charge in [0.15, 0.2) is 0 Å². The molecule has 17 heavy (non-hydrogen) atoms. The summed E-state index contributed by atoms with van der Waals surface area (Å²) < 4.78 is 0. The zero-order valence-electron chi connectivity index (χ0n) is 9.82. The van der Waals surface area contributed by atoms with Gasteiger partial charge in [0.25, 0.3) is 0 Å². The highest BCUT2D eigenvalue weighted by atomic mass is 16.4. The third-order valence-corrected chi connectivity index (χ3v) is 2.86. The zero-order valence-corrected chi connectivity index (χ0v) is 9.82. The molecule has 5 nitrogen and oxygen atoms in total. The number of hydrogen-bond acceptors (Lipinski definition) is 3. The fraction of sp³-hybridized carbons (Fsp3) is 0.667. The summed E-state index contributed by atoms with van der Waals surface area (Å²) in [5.41, 5.74) is 0. The number of carbonyl (C=O) groups is 2. The minimum atomic E-state index is -1.05. The van der Waals surface area contributed by atoms with Gasteiger partial charge in [-0.1, -0.05) is 18.8 Å². The molecule has 1 saturated carbocycles. The number of aliphatic carboxylic acids is 1. The number of carboxylic acids is 1. The molecule has 0 bridgehead atoms. The Morgan fingerprint density at radius 2 is 2.06 bits per heavy atom. The highest BCUT2D eigenvalue weighted by Gasteiger charge is 2.19. The van der Waals surface area contributed by atoms with Crippen LogP contribution in [0.5, 0.6) is 0 Å². The minimum Gasteiger partial charge on any atom is -0.480 e. The Bertz CT molecular complexity index is 316. The Hall–Kier alpha value is -1.54. The second-order valence-corrected chi connectivity index (χ2v) is 4.21. The van der Waals surface area contributed by atoms with Crippen molar-refractivity contribution in [3.05, 3.63) is 0 Å². The highest BCUT2D eigenvalue weighted by molar-refractivity contribution is 5.83. The number of rotatable bonds is 6. The van der Waals surface area contributed by atoms with Crippen molar-refractivity contribution in [2.75, 3.05) is 19.6 Å². The first kappa shape index (κ1) is 13.5. The molecular formula is C12H18N2O3. The van der Waals surface area contributed by atoms with Crippen molar-refractivity contribution in [2.24, 2.45) is 0 Å². The zero-order chi connectivity index (χ0) is 12.7. The molecule has 0 aliphatic heterocycles. The van der Waals surface area contributed by atoms with Gasteiger partial charge in [-0.15, -0.1) is 6.42 Å². The van der Waals surface area contributed by atoms with Gasteiger partial charge in [-0.2, -0.15) is 0 Å². The maximum absolute atomic E-state index is 11.7. The summed E-state index contributed by atoms with van der Waals surface area (Å²) in [5.74, 6) is 0.997. The molecule has 1 amide bonds. The van der Waals surface area contributed by atoms with E-state index in [1.165, 1.54) is 17.7 Å². The standard InChI is InChI=1S/C12H18N2O3/c1-2-7-14(9-12(16)17)11(15)8-13-10-5-3-4-6-10/h1,10,13H,3-9H2,(H,16,17). The summed E-state index contributed by atoms with van der Waals surface area (Å²) in [6, 6.07) is 0.386. The van der Waals surface area contributed by atoms with Gasteiger partial charge in [-0.25, -0.2) is 0 Å². The van der Waals surface area contributed by atoms with E-state index < -0.39 is 5.97 Å². The number of nitrogens with zero attached hydrogens (tertiary/aromatic N) is 1. The van der Waals surface area contributed by atoms with Crippen molar-refractivity contribution in [2.45, 2.75) is 31.7 Å². The van der Waals surface area contributed by atoms with Crippen LogP contribution >= 0.6 is 0 Å². The molecule has 0 unspecified atom stereocenters. The van der Waals surface area contributed by atoms with Crippen LogP contribution < -0.4 is 5.32 Å². The van der Waals surface area contributed by atoms with E-state index in [0.29, 0.717) is 6.04 Å². The van der Waals surface area contributed by atoms with Gasteiger partial charge in [0.1, 0.15) is 6.54 Å².